The van der Waals surface area contributed by atoms with Crippen LogP contribution in [0.1, 0.15) is 43.2 Å². The van der Waals surface area contributed by atoms with Crippen LogP contribution >= 0.6 is 11.8 Å². The predicted octanol–water partition coefficient (Wildman–Crippen LogP) is 4.18. The van der Waals surface area contributed by atoms with Crippen LogP contribution in [0, 0.1) is 0 Å². The van der Waals surface area contributed by atoms with Crippen LogP contribution in [-0.4, -0.2) is 40.9 Å². The minimum atomic E-state index is -0.660. The first-order valence-corrected chi connectivity index (χ1v) is 11.7. The van der Waals surface area contributed by atoms with Crippen LogP contribution in [-0.2, 0) is 15.3 Å². The predicted molar refractivity (Wildman–Crippen MR) is 122 cm³/mol. The van der Waals surface area contributed by atoms with Gasteiger partial charge < -0.3 is 4.74 Å². The summed E-state index contributed by atoms with van der Waals surface area (Å²) in [5, 5.41) is 3.22. The van der Waals surface area contributed by atoms with Crippen molar-refractivity contribution in [1.29, 1.82) is 0 Å². The number of carbonyl (C=O) groups excluding carboxylic acids is 3. The highest BCUT2D eigenvalue weighted by Crippen LogP contribution is 2.30. The molecule has 0 spiro atoms. The highest BCUT2D eigenvalue weighted by molar-refractivity contribution is 7.98. The van der Waals surface area contributed by atoms with E-state index in [0.29, 0.717) is 17.1 Å². The molecule has 8 heteroatoms. The van der Waals surface area contributed by atoms with E-state index in [-0.39, 0.29) is 11.6 Å². The molecule has 1 aromatic heterocycles. The summed E-state index contributed by atoms with van der Waals surface area (Å²) in [6.07, 6.45) is 7.90. The van der Waals surface area contributed by atoms with E-state index < -0.39 is 17.8 Å². The SMILES string of the molecule is COc1ccc(/C=C2\C(=O)NC(=O)N(C3CCCCC3)C2=O)cc1CSc1ccccn1. The molecule has 1 N–H and O–H groups in total. The monoisotopic (exact) mass is 451 g/mol. The van der Waals surface area contributed by atoms with Gasteiger partial charge in [0.1, 0.15) is 11.3 Å². The maximum atomic E-state index is 13.1. The average Bonchev–Trinajstić information content (AvgIpc) is 2.82. The summed E-state index contributed by atoms with van der Waals surface area (Å²) in [5.41, 5.74) is 1.59. The maximum Gasteiger partial charge on any atom is 0.331 e. The van der Waals surface area contributed by atoms with E-state index >= 15 is 0 Å². The van der Waals surface area contributed by atoms with Crippen LogP contribution in [0.3, 0.4) is 0 Å². The van der Waals surface area contributed by atoms with Crippen molar-refractivity contribution in [2.24, 2.45) is 0 Å². The Labute approximate surface area is 191 Å². The molecule has 0 unspecified atom stereocenters. The van der Waals surface area contributed by atoms with Gasteiger partial charge in [-0.1, -0.05) is 31.4 Å². The number of aromatic nitrogens is 1. The van der Waals surface area contributed by atoms with Crippen LogP contribution in [0.2, 0.25) is 0 Å². The minimum absolute atomic E-state index is 0.0244. The third-order valence-corrected chi connectivity index (χ3v) is 6.69. The van der Waals surface area contributed by atoms with E-state index in [2.05, 4.69) is 10.3 Å². The number of urea groups is 1. The number of ether oxygens (including phenoxy) is 1. The number of nitrogens with one attached hydrogen (secondary N) is 1. The smallest absolute Gasteiger partial charge is 0.331 e. The Morgan fingerprint density at radius 1 is 1.16 bits per heavy atom. The first kappa shape index (κ1) is 22.1. The van der Waals surface area contributed by atoms with Crippen LogP contribution in [0.25, 0.3) is 6.08 Å². The van der Waals surface area contributed by atoms with E-state index in [1.165, 1.54) is 4.90 Å². The molecule has 1 aliphatic carbocycles. The van der Waals surface area contributed by atoms with E-state index in [1.807, 2.05) is 30.3 Å². The molecule has 2 heterocycles. The van der Waals surface area contributed by atoms with Crippen molar-refractivity contribution in [2.45, 2.75) is 48.9 Å². The summed E-state index contributed by atoms with van der Waals surface area (Å²) in [6.45, 7) is 0. The van der Waals surface area contributed by atoms with Gasteiger partial charge in [0.25, 0.3) is 11.8 Å². The summed E-state index contributed by atoms with van der Waals surface area (Å²) in [5.74, 6) is 0.150. The Kier molecular flexibility index (Phi) is 6.90. The number of amides is 4. The molecule has 1 aliphatic heterocycles. The summed E-state index contributed by atoms with van der Waals surface area (Å²) < 4.78 is 5.48. The van der Waals surface area contributed by atoms with Crippen LogP contribution in [0.15, 0.2) is 53.2 Å². The molecule has 0 radical (unpaired) electrons. The lowest BCUT2D eigenvalue weighted by Crippen LogP contribution is -2.58. The molecule has 0 atom stereocenters. The molecule has 32 heavy (non-hydrogen) atoms. The first-order chi connectivity index (χ1) is 15.6. The zero-order valence-electron chi connectivity index (χ0n) is 17.9. The van der Waals surface area contributed by atoms with Gasteiger partial charge in [0, 0.05) is 23.6 Å². The molecule has 166 valence electrons. The number of imide groups is 2. The van der Waals surface area contributed by atoms with Gasteiger partial charge >= 0.3 is 6.03 Å². The molecule has 4 amide bonds. The van der Waals surface area contributed by atoms with Gasteiger partial charge in [0.2, 0.25) is 0 Å². The lowest BCUT2D eigenvalue weighted by molar-refractivity contribution is -0.132. The molecule has 0 bridgehead atoms. The molecule has 1 aromatic carbocycles. The van der Waals surface area contributed by atoms with Crippen molar-refractivity contribution in [2.75, 3.05) is 7.11 Å². The van der Waals surface area contributed by atoms with Crippen LogP contribution in [0.5, 0.6) is 5.75 Å². The number of nitrogens with zero attached hydrogens (tertiary/aromatic N) is 2. The Balaban J connectivity index is 1.59. The zero-order chi connectivity index (χ0) is 22.5. The number of thioether (sulfide) groups is 1. The van der Waals surface area contributed by atoms with Crippen molar-refractivity contribution < 1.29 is 19.1 Å². The van der Waals surface area contributed by atoms with Crippen molar-refractivity contribution in [3.05, 3.63) is 59.3 Å². The molecular weight excluding hydrogens is 426 g/mol. The Bertz CT molecular complexity index is 1050. The molecule has 4 rings (SSSR count). The first-order valence-electron chi connectivity index (χ1n) is 10.7. The second kappa shape index (κ2) is 9.99. The second-order valence-corrected chi connectivity index (χ2v) is 8.81. The van der Waals surface area contributed by atoms with Crippen molar-refractivity contribution in [3.63, 3.8) is 0 Å². The lowest BCUT2D eigenvalue weighted by Gasteiger charge is -2.35. The minimum Gasteiger partial charge on any atom is -0.496 e. The highest BCUT2D eigenvalue weighted by atomic mass is 32.2. The number of methoxy groups -OCH3 is 1. The molecule has 1 saturated carbocycles. The lowest BCUT2D eigenvalue weighted by atomic mass is 9.93. The van der Waals surface area contributed by atoms with Gasteiger partial charge in [0.15, 0.2) is 0 Å². The average molecular weight is 452 g/mol. The summed E-state index contributed by atoms with van der Waals surface area (Å²) in [6, 6.07) is 10.5. The fourth-order valence-electron chi connectivity index (χ4n) is 4.09. The van der Waals surface area contributed by atoms with E-state index in [4.69, 9.17) is 4.74 Å². The largest absolute Gasteiger partial charge is 0.496 e. The second-order valence-electron chi connectivity index (χ2n) is 7.81. The van der Waals surface area contributed by atoms with Crippen molar-refractivity contribution >= 4 is 35.7 Å². The van der Waals surface area contributed by atoms with E-state index in [0.717, 1.165) is 42.7 Å². The number of hydrogen-bond acceptors (Lipinski definition) is 6. The molecular formula is C24H25N3O4S. The zero-order valence-corrected chi connectivity index (χ0v) is 18.7. The molecule has 2 aliphatic rings. The van der Waals surface area contributed by atoms with Crippen LogP contribution in [0.4, 0.5) is 4.79 Å². The van der Waals surface area contributed by atoms with Gasteiger partial charge in [-0.2, -0.15) is 0 Å². The van der Waals surface area contributed by atoms with Gasteiger partial charge in [-0.15, -0.1) is 11.8 Å². The van der Waals surface area contributed by atoms with E-state index in [9.17, 15) is 14.4 Å². The number of pyridine rings is 1. The van der Waals surface area contributed by atoms with Crippen LogP contribution < -0.4 is 10.1 Å². The number of hydrogen-bond donors (Lipinski definition) is 1. The number of rotatable bonds is 6. The normalized spacial score (nSPS) is 18.7. The molecule has 2 aromatic rings. The number of barbiturate groups is 1. The third kappa shape index (κ3) is 4.85. The number of benzene rings is 1. The summed E-state index contributed by atoms with van der Waals surface area (Å²) >= 11 is 1.57. The van der Waals surface area contributed by atoms with Gasteiger partial charge in [-0.05, 0) is 48.7 Å². The summed E-state index contributed by atoms with van der Waals surface area (Å²) in [4.78, 5) is 43.5. The van der Waals surface area contributed by atoms with Gasteiger partial charge in [-0.3, -0.25) is 19.8 Å². The highest BCUT2D eigenvalue weighted by Gasteiger charge is 2.40. The van der Waals surface area contributed by atoms with Gasteiger partial charge in [0.05, 0.1) is 12.1 Å². The Morgan fingerprint density at radius 2 is 1.97 bits per heavy atom. The van der Waals surface area contributed by atoms with Gasteiger partial charge in [-0.25, -0.2) is 9.78 Å². The Hall–Kier alpha value is -3.13. The van der Waals surface area contributed by atoms with Crippen molar-refractivity contribution in [3.8, 4) is 5.75 Å². The molecule has 7 nitrogen and oxygen atoms in total. The fraction of sp³-hybridized carbons (Fsp3) is 0.333. The topological polar surface area (TPSA) is 88.6 Å². The maximum absolute atomic E-state index is 13.1. The Morgan fingerprint density at radius 3 is 2.69 bits per heavy atom. The number of carbonyl (C=O) groups is 3. The van der Waals surface area contributed by atoms with E-state index in [1.54, 1.807) is 37.2 Å². The molecule has 1 saturated heterocycles. The van der Waals surface area contributed by atoms with Crippen molar-refractivity contribution in [1.82, 2.24) is 15.2 Å². The quantitative estimate of drug-likeness (QED) is 0.403. The summed E-state index contributed by atoms with van der Waals surface area (Å²) in [7, 11) is 1.61. The molecule has 2 fully saturated rings. The fourth-order valence-corrected chi connectivity index (χ4v) is 4.93. The third-order valence-electron chi connectivity index (χ3n) is 5.70. The standard InChI is InChI=1S/C24H25N3O4S/c1-31-20-11-10-16(13-17(20)15-32-21-9-5-6-12-25-21)14-19-22(28)26-24(30)27(23(19)29)18-7-3-2-4-8-18/h5-6,9-14,18H,2-4,7-8,15H2,1H3,(H,26,28,30)/b19-14+.